The van der Waals surface area contributed by atoms with Gasteiger partial charge in [-0.3, -0.25) is 9.69 Å². The van der Waals surface area contributed by atoms with Gasteiger partial charge in [0.15, 0.2) is 0 Å². The first kappa shape index (κ1) is 13.8. The number of carbonyl (C=O) groups is 1. The first-order valence-corrected chi connectivity index (χ1v) is 7.19. The van der Waals surface area contributed by atoms with Crippen LogP contribution in [0.2, 0.25) is 0 Å². The van der Waals surface area contributed by atoms with Crippen molar-refractivity contribution in [1.29, 1.82) is 0 Å². The van der Waals surface area contributed by atoms with Crippen LogP contribution in [0, 0.1) is 5.92 Å². The summed E-state index contributed by atoms with van der Waals surface area (Å²) >= 11 is 0. The topological polar surface area (TPSA) is 41.6 Å². The highest BCUT2D eigenvalue weighted by atomic mass is 16.5. The Morgan fingerprint density at radius 3 is 2.67 bits per heavy atom. The summed E-state index contributed by atoms with van der Waals surface area (Å²) in [5.74, 6) is 0.544. The molecule has 0 aromatic carbocycles. The van der Waals surface area contributed by atoms with E-state index in [2.05, 4.69) is 24.1 Å². The first-order valence-electron chi connectivity index (χ1n) is 7.19. The minimum atomic E-state index is -0.151. The zero-order valence-corrected chi connectivity index (χ0v) is 11.8. The summed E-state index contributed by atoms with van der Waals surface area (Å²) in [6.07, 6.45) is 4.90. The molecule has 0 radical (unpaired) electrons. The molecule has 4 heteroatoms. The third-order valence-electron chi connectivity index (χ3n) is 4.10. The second kappa shape index (κ2) is 6.02. The van der Waals surface area contributed by atoms with Crippen LogP contribution in [0.5, 0.6) is 0 Å². The SMILES string of the molecule is COC(=O)C(CN1CCCC1C(C)C)NC1CC1. The predicted molar refractivity (Wildman–Crippen MR) is 71.4 cm³/mol. The summed E-state index contributed by atoms with van der Waals surface area (Å²) in [6.45, 7) is 6.45. The van der Waals surface area contributed by atoms with Crippen LogP contribution < -0.4 is 5.32 Å². The average Bonchev–Trinajstić information content (AvgIpc) is 3.03. The van der Waals surface area contributed by atoms with E-state index in [9.17, 15) is 4.79 Å². The molecule has 1 N–H and O–H groups in total. The molecule has 1 heterocycles. The van der Waals surface area contributed by atoms with E-state index in [1.165, 1.54) is 32.8 Å². The number of methoxy groups -OCH3 is 1. The molecular formula is C14H26N2O2. The molecule has 1 aliphatic carbocycles. The van der Waals surface area contributed by atoms with Gasteiger partial charge in [-0.1, -0.05) is 13.8 Å². The maximum Gasteiger partial charge on any atom is 0.324 e. The largest absolute Gasteiger partial charge is 0.468 e. The lowest BCUT2D eigenvalue weighted by Crippen LogP contribution is -2.49. The van der Waals surface area contributed by atoms with Crippen molar-refractivity contribution in [2.45, 2.75) is 57.7 Å². The molecule has 1 aliphatic heterocycles. The molecule has 2 atom stereocenters. The van der Waals surface area contributed by atoms with Crippen molar-refractivity contribution in [3.8, 4) is 0 Å². The Hall–Kier alpha value is -0.610. The number of hydrogen-bond donors (Lipinski definition) is 1. The minimum absolute atomic E-state index is 0.115. The zero-order valence-electron chi connectivity index (χ0n) is 11.8. The van der Waals surface area contributed by atoms with Crippen LogP contribution in [-0.4, -0.2) is 49.2 Å². The van der Waals surface area contributed by atoms with Gasteiger partial charge in [-0.2, -0.15) is 0 Å². The molecule has 1 saturated heterocycles. The number of rotatable bonds is 6. The van der Waals surface area contributed by atoms with Gasteiger partial charge in [-0.25, -0.2) is 0 Å². The highest BCUT2D eigenvalue weighted by Crippen LogP contribution is 2.25. The molecule has 0 amide bonds. The Bertz CT molecular complexity index is 290. The quantitative estimate of drug-likeness (QED) is 0.728. The normalized spacial score (nSPS) is 26.6. The lowest BCUT2D eigenvalue weighted by Gasteiger charge is -2.30. The standard InChI is InChI=1S/C14H26N2O2/c1-10(2)13-5-4-8-16(13)9-12(14(17)18-3)15-11-6-7-11/h10-13,15H,4-9H2,1-3H3. The van der Waals surface area contributed by atoms with Crippen LogP contribution in [0.25, 0.3) is 0 Å². The molecule has 104 valence electrons. The van der Waals surface area contributed by atoms with E-state index in [-0.39, 0.29) is 12.0 Å². The lowest BCUT2D eigenvalue weighted by molar-refractivity contribution is -0.143. The van der Waals surface area contributed by atoms with Crippen molar-refractivity contribution < 1.29 is 9.53 Å². The minimum Gasteiger partial charge on any atom is -0.468 e. The maximum atomic E-state index is 11.8. The molecule has 0 bridgehead atoms. The van der Waals surface area contributed by atoms with E-state index in [1.54, 1.807) is 0 Å². The molecule has 2 rings (SSSR count). The van der Waals surface area contributed by atoms with Crippen LogP contribution in [0.15, 0.2) is 0 Å². The second-order valence-electron chi connectivity index (χ2n) is 5.97. The van der Waals surface area contributed by atoms with Gasteiger partial charge in [-0.15, -0.1) is 0 Å². The Morgan fingerprint density at radius 2 is 2.11 bits per heavy atom. The van der Waals surface area contributed by atoms with Gasteiger partial charge < -0.3 is 10.1 Å². The summed E-state index contributed by atoms with van der Waals surface area (Å²) in [5, 5.41) is 3.41. The Kier molecular flexibility index (Phi) is 4.62. The van der Waals surface area contributed by atoms with E-state index < -0.39 is 0 Å². The van der Waals surface area contributed by atoms with Gasteiger partial charge in [0.25, 0.3) is 0 Å². The Balaban J connectivity index is 1.92. The van der Waals surface area contributed by atoms with Crippen LogP contribution in [0.1, 0.15) is 39.5 Å². The zero-order chi connectivity index (χ0) is 13.1. The molecular weight excluding hydrogens is 228 g/mol. The average molecular weight is 254 g/mol. The summed E-state index contributed by atoms with van der Waals surface area (Å²) in [5.41, 5.74) is 0. The van der Waals surface area contributed by atoms with E-state index in [0.29, 0.717) is 18.0 Å². The van der Waals surface area contributed by atoms with Crippen molar-refractivity contribution in [2.24, 2.45) is 5.92 Å². The van der Waals surface area contributed by atoms with E-state index in [0.717, 1.165) is 13.1 Å². The first-order chi connectivity index (χ1) is 8.61. The molecule has 4 nitrogen and oxygen atoms in total. The van der Waals surface area contributed by atoms with Gasteiger partial charge in [-0.05, 0) is 38.1 Å². The summed E-state index contributed by atoms with van der Waals surface area (Å²) in [7, 11) is 1.48. The monoisotopic (exact) mass is 254 g/mol. The molecule has 2 unspecified atom stereocenters. The number of nitrogens with zero attached hydrogens (tertiary/aromatic N) is 1. The number of ether oxygens (including phenoxy) is 1. The number of hydrogen-bond acceptors (Lipinski definition) is 4. The fourth-order valence-electron chi connectivity index (χ4n) is 2.94. The van der Waals surface area contributed by atoms with Gasteiger partial charge in [0.05, 0.1) is 7.11 Å². The molecule has 0 aromatic heterocycles. The van der Waals surface area contributed by atoms with Crippen LogP contribution in [0.4, 0.5) is 0 Å². The van der Waals surface area contributed by atoms with Gasteiger partial charge in [0, 0.05) is 18.6 Å². The van der Waals surface area contributed by atoms with Gasteiger partial charge in [0.1, 0.15) is 6.04 Å². The Labute approximate surface area is 110 Å². The molecule has 2 aliphatic rings. The fraction of sp³-hybridized carbons (Fsp3) is 0.929. The molecule has 1 saturated carbocycles. The summed E-state index contributed by atoms with van der Waals surface area (Å²) in [4.78, 5) is 14.3. The second-order valence-corrected chi connectivity index (χ2v) is 5.97. The van der Waals surface area contributed by atoms with Crippen LogP contribution in [-0.2, 0) is 9.53 Å². The number of nitrogens with one attached hydrogen (secondary N) is 1. The number of carbonyl (C=O) groups excluding carboxylic acids is 1. The van der Waals surface area contributed by atoms with Crippen molar-refractivity contribution in [3.05, 3.63) is 0 Å². The molecule has 2 fully saturated rings. The number of likely N-dealkylation sites (tertiary alicyclic amines) is 1. The van der Waals surface area contributed by atoms with Crippen LogP contribution >= 0.6 is 0 Å². The van der Waals surface area contributed by atoms with E-state index in [4.69, 9.17) is 4.74 Å². The third-order valence-corrected chi connectivity index (χ3v) is 4.10. The summed E-state index contributed by atoms with van der Waals surface area (Å²) < 4.78 is 4.92. The highest BCUT2D eigenvalue weighted by Gasteiger charge is 2.34. The van der Waals surface area contributed by atoms with Crippen molar-refractivity contribution in [3.63, 3.8) is 0 Å². The van der Waals surface area contributed by atoms with Crippen molar-refractivity contribution in [2.75, 3.05) is 20.2 Å². The third kappa shape index (κ3) is 3.45. The molecule has 0 aromatic rings. The van der Waals surface area contributed by atoms with Crippen molar-refractivity contribution in [1.82, 2.24) is 10.2 Å². The van der Waals surface area contributed by atoms with Crippen molar-refractivity contribution >= 4 is 5.97 Å². The number of esters is 1. The van der Waals surface area contributed by atoms with E-state index in [1.807, 2.05) is 0 Å². The van der Waals surface area contributed by atoms with Gasteiger partial charge >= 0.3 is 5.97 Å². The molecule has 0 spiro atoms. The maximum absolute atomic E-state index is 11.8. The lowest BCUT2D eigenvalue weighted by atomic mass is 10.0. The highest BCUT2D eigenvalue weighted by molar-refractivity contribution is 5.76. The van der Waals surface area contributed by atoms with E-state index >= 15 is 0 Å². The fourth-order valence-corrected chi connectivity index (χ4v) is 2.94. The molecule has 18 heavy (non-hydrogen) atoms. The predicted octanol–water partition coefficient (Wildman–Crippen LogP) is 1.40. The summed E-state index contributed by atoms with van der Waals surface area (Å²) in [6, 6.07) is 1.01. The van der Waals surface area contributed by atoms with Gasteiger partial charge in [0.2, 0.25) is 0 Å². The smallest absolute Gasteiger partial charge is 0.324 e. The van der Waals surface area contributed by atoms with Crippen LogP contribution in [0.3, 0.4) is 0 Å². The Morgan fingerprint density at radius 1 is 1.39 bits per heavy atom.